The minimum absolute atomic E-state index is 0.0207. The van der Waals surface area contributed by atoms with Crippen molar-refractivity contribution in [1.82, 2.24) is 10.3 Å². The first kappa shape index (κ1) is 24.1. The van der Waals surface area contributed by atoms with Gasteiger partial charge >= 0.3 is 0 Å². The van der Waals surface area contributed by atoms with Gasteiger partial charge in [0.1, 0.15) is 11.6 Å². The van der Waals surface area contributed by atoms with Crippen LogP contribution in [0.1, 0.15) is 46.0 Å². The summed E-state index contributed by atoms with van der Waals surface area (Å²) in [6, 6.07) is 0.182. The molecule has 3 heterocycles. The molecule has 0 aromatic rings. The van der Waals surface area contributed by atoms with Crippen LogP contribution in [0.5, 0.6) is 0 Å². The second-order valence-electron chi connectivity index (χ2n) is 9.05. The molecule has 34 heavy (non-hydrogen) atoms. The number of fused-ring (bicyclic) bond motifs is 1. The molecule has 6 heteroatoms. The van der Waals surface area contributed by atoms with E-state index in [1.54, 1.807) is 6.08 Å². The van der Waals surface area contributed by atoms with Crippen LogP contribution in [-0.2, 0) is 0 Å². The number of hydrazone groups is 1. The Morgan fingerprint density at radius 1 is 1.15 bits per heavy atom. The lowest BCUT2D eigenvalue weighted by atomic mass is 9.91. The summed E-state index contributed by atoms with van der Waals surface area (Å²) in [5.74, 6) is 0.578. The zero-order chi connectivity index (χ0) is 23.8. The lowest BCUT2D eigenvalue weighted by molar-refractivity contribution is 0.463. The highest BCUT2D eigenvalue weighted by molar-refractivity contribution is 6.00. The van der Waals surface area contributed by atoms with Gasteiger partial charge in [-0.2, -0.15) is 5.10 Å². The van der Waals surface area contributed by atoms with E-state index < -0.39 is 0 Å². The molecular weight excluding hydrogens is 425 g/mol. The summed E-state index contributed by atoms with van der Waals surface area (Å²) in [5, 5.41) is 10.0. The van der Waals surface area contributed by atoms with Crippen molar-refractivity contribution in [3.8, 4) is 0 Å². The van der Waals surface area contributed by atoms with E-state index in [1.165, 1.54) is 44.3 Å². The van der Waals surface area contributed by atoms with Gasteiger partial charge < -0.3 is 5.32 Å². The number of hydrogen-bond donors (Lipinski definition) is 1. The van der Waals surface area contributed by atoms with Gasteiger partial charge in [0, 0.05) is 42.6 Å². The highest BCUT2D eigenvalue weighted by Gasteiger charge is 2.24. The summed E-state index contributed by atoms with van der Waals surface area (Å²) in [5.41, 5.74) is 5.67. The first-order valence-corrected chi connectivity index (χ1v) is 12.4. The van der Waals surface area contributed by atoms with Gasteiger partial charge in [-0.1, -0.05) is 44.8 Å². The Hall–Kier alpha value is -3.08. The first-order valence-electron chi connectivity index (χ1n) is 12.4. The predicted molar refractivity (Wildman–Crippen MR) is 140 cm³/mol. The topological polar surface area (TPSA) is 52.4 Å². The molecule has 3 atom stereocenters. The molecule has 1 aliphatic carbocycles. The van der Waals surface area contributed by atoms with E-state index in [0.29, 0.717) is 6.54 Å². The van der Waals surface area contributed by atoms with Crippen LogP contribution < -0.4 is 5.32 Å². The maximum atomic E-state index is 13.9. The Kier molecular flexibility index (Phi) is 8.40. The van der Waals surface area contributed by atoms with Gasteiger partial charge in [-0.05, 0) is 55.3 Å². The van der Waals surface area contributed by atoms with Crippen molar-refractivity contribution in [2.24, 2.45) is 26.9 Å². The van der Waals surface area contributed by atoms with Crippen LogP contribution >= 0.6 is 0 Å². The molecule has 0 amide bonds. The van der Waals surface area contributed by atoms with Crippen LogP contribution in [0.2, 0.25) is 0 Å². The van der Waals surface area contributed by atoms with Crippen LogP contribution in [0.15, 0.2) is 92.3 Å². The number of halogens is 1. The Morgan fingerprint density at radius 2 is 2.03 bits per heavy atom. The summed E-state index contributed by atoms with van der Waals surface area (Å²) in [4.78, 5) is 9.50. The molecule has 0 aromatic heterocycles. The van der Waals surface area contributed by atoms with Crippen molar-refractivity contribution in [2.45, 2.75) is 52.0 Å². The molecule has 0 fully saturated rings. The molecule has 3 aliphatic heterocycles. The van der Waals surface area contributed by atoms with Gasteiger partial charge in [-0.15, -0.1) is 5.73 Å². The zero-order valence-corrected chi connectivity index (χ0v) is 20.1. The molecule has 0 saturated carbocycles. The molecule has 0 bridgehead atoms. The molecule has 5 nitrogen and oxygen atoms in total. The Bertz CT molecular complexity index is 1060. The van der Waals surface area contributed by atoms with Crippen molar-refractivity contribution >= 4 is 18.1 Å². The van der Waals surface area contributed by atoms with Crippen molar-refractivity contribution in [3.63, 3.8) is 0 Å². The van der Waals surface area contributed by atoms with Crippen LogP contribution in [0.3, 0.4) is 0 Å². The van der Waals surface area contributed by atoms with Crippen LogP contribution in [0.25, 0.3) is 0 Å². The zero-order valence-electron chi connectivity index (χ0n) is 20.1. The summed E-state index contributed by atoms with van der Waals surface area (Å²) < 4.78 is 13.9. The molecule has 1 N–H and O–H groups in total. The summed E-state index contributed by atoms with van der Waals surface area (Å²) >= 11 is 0. The number of allylic oxidation sites excluding steroid dienone is 6. The highest BCUT2D eigenvalue weighted by Crippen LogP contribution is 2.27. The van der Waals surface area contributed by atoms with Crippen molar-refractivity contribution < 1.29 is 4.39 Å². The van der Waals surface area contributed by atoms with E-state index in [4.69, 9.17) is 4.99 Å². The maximum absolute atomic E-state index is 13.9. The van der Waals surface area contributed by atoms with E-state index >= 15 is 0 Å². The number of rotatable bonds is 9. The van der Waals surface area contributed by atoms with Crippen LogP contribution in [0.4, 0.5) is 4.39 Å². The molecule has 0 radical (unpaired) electrons. The second kappa shape index (κ2) is 11.9. The minimum Gasteiger partial charge on any atom is -0.309 e. The van der Waals surface area contributed by atoms with E-state index in [0.717, 1.165) is 29.2 Å². The van der Waals surface area contributed by atoms with Gasteiger partial charge in [0.2, 0.25) is 0 Å². The van der Waals surface area contributed by atoms with Crippen LogP contribution in [0, 0.1) is 11.8 Å². The van der Waals surface area contributed by atoms with E-state index in [2.05, 4.69) is 47.1 Å². The average Bonchev–Trinajstić information content (AvgIpc) is 3.01. The largest absolute Gasteiger partial charge is 0.309 e. The normalized spacial score (nSPS) is 24.1. The second-order valence-corrected chi connectivity index (χ2v) is 9.05. The third kappa shape index (κ3) is 6.28. The lowest BCUT2D eigenvalue weighted by Gasteiger charge is -2.28. The van der Waals surface area contributed by atoms with Gasteiger partial charge in [0.05, 0.1) is 12.3 Å². The summed E-state index contributed by atoms with van der Waals surface area (Å²) in [6.07, 6.45) is 25.1. The van der Waals surface area contributed by atoms with Crippen molar-refractivity contribution in [1.29, 1.82) is 0 Å². The third-order valence-electron chi connectivity index (χ3n) is 6.37. The number of hydrogen-bond acceptors (Lipinski definition) is 5. The van der Waals surface area contributed by atoms with E-state index in [9.17, 15) is 4.39 Å². The molecule has 4 rings (SSSR count). The Labute approximate surface area is 202 Å². The van der Waals surface area contributed by atoms with Gasteiger partial charge in [0.15, 0.2) is 0 Å². The average molecular weight is 460 g/mol. The van der Waals surface area contributed by atoms with Gasteiger partial charge in [-0.3, -0.25) is 4.99 Å². The van der Waals surface area contributed by atoms with E-state index in [-0.39, 0.29) is 23.7 Å². The number of aliphatic imine (C=N–C) groups is 2. The molecule has 4 aliphatic rings. The maximum Gasteiger partial charge on any atom is 0.150 e. The van der Waals surface area contributed by atoms with Gasteiger partial charge in [0.25, 0.3) is 0 Å². The van der Waals surface area contributed by atoms with Crippen molar-refractivity contribution in [3.05, 3.63) is 77.3 Å². The standard InChI is InChI=1S/C28H34FN5/c1-3-4-5-6-7-14-31-21(2)27-13-15-34-28(33-27)17-25(20-32-34)24-12-11-22-16-26(29)10-8-9-23(22)18-30-19-24/h9-13,15-17,19-21,24-25,31H,3-7,14,18H2,1-2H3. The highest BCUT2D eigenvalue weighted by atomic mass is 19.1. The molecule has 3 unspecified atom stereocenters. The number of unbranched alkanes of at least 4 members (excludes halogenated alkanes) is 4. The fourth-order valence-corrected chi connectivity index (χ4v) is 4.27. The molecule has 0 spiro atoms. The summed E-state index contributed by atoms with van der Waals surface area (Å²) in [7, 11) is 0. The number of nitrogens with one attached hydrogen (secondary N) is 1. The fourth-order valence-electron chi connectivity index (χ4n) is 4.27. The fraction of sp³-hybridized carbons (Fsp3) is 0.429. The Balaban J connectivity index is 1.41. The SMILES string of the molecule is CCCCCCCNC(C)C1=NC2=CC(C3C=CC4=C(C=C=CC(F)=C4)CN=C3)C=NN2C=C1. The minimum atomic E-state index is -0.302. The molecule has 0 aromatic carbocycles. The summed E-state index contributed by atoms with van der Waals surface area (Å²) in [6.45, 7) is 5.90. The van der Waals surface area contributed by atoms with Crippen LogP contribution in [-0.4, -0.2) is 42.3 Å². The quantitative estimate of drug-likeness (QED) is 0.350. The Morgan fingerprint density at radius 3 is 2.91 bits per heavy atom. The lowest BCUT2D eigenvalue weighted by Crippen LogP contribution is -2.36. The predicted octanol–water partition coefficient (Wildman–Crippen LogP) is 5.79. The molecule has 0 saturated heterocycles. The smallest absolute Gasteiger partial charge is 0.150 e. The van der Waals surface area contributed by atoms with Crippen molar-refractivity contribution in [2.75, 3.05) is 13.1 Å². The van der Waals surface area contributed by atoms with Gasteiger partial charge in [-0.25, -0.2) is 14.4 Å². The number of nitrogens with zero attached hydrogens (tertiary/aromatic N) is 4. The van der Waals surface area contributed by atoms with E-state index in [1.807, 2.05) is 35.8 Å². The first-order chi connectivity index (χ1) is 16.6. The molecular formula is C28H34FN5. The third-order valence-corrected chi connectivity index (χ3v) is 6.37. The molecule has 178 valence electrons. The monoisotopic (exact) mass is 459 g/mol.